The number of rotatable bonds is 9. The number of carbonyl (C=O) groups excluding carboxylic acids is 2. The smallest absolute Gasteiger partial charge is 0.225 e. The van der Waals surface area contributed by atoms with Crippen molar-refractivity contribution < 1.29 is 9.59 Å². The minimum atomic E-state index is 0.0720. The molecule has 1 aliphatic rings. The van der Waals surface area contributed by atoms with Crippen LogP contribution in [0.4, 0.5) is 0 Å². The molecule has 0 spiro atoms. The largest absolute Gasteiger partial charge is 0.356 e. The Hall–Kier alpha value is -1.84. The van der Waals surface area contributed by atoms with Crippen LogP contribution in [0.3, 0.4) is 0 Å². The van der Waals surface area contributed by atoms with Crippen LogP contribution < -0.4 is 5.32 Å². The third-order valence-corrected chi connectivity index (χ3v) is 5.44. The van der Waals surface area contributed by atoms with Gasteiger partial charge in [0.2, 0.25) is 11.8 Å². The zero-order valence-electron chi connectivity index (χ0n) is 16.4. The van der Waals surface area contributed by atoms with E-state index in [1.54, 1.807) is 0 Å². The average molecular weight is 359 g/mol. The zero-order chi connectivity index (χ0) is 18.8. The SMILES string of the molecule is CCCCCNC(=O)C1CCC(C(=O)N(CC)Cc2ccccc2)CC1. The van der Waals surface area contributed by atoms with Crippen molar-refractivity contribution in [1.82, 2.24) is 10.2 Å². The third kappa shape index (κ3) is 6.15. The van der Waals surface area contributed by atoms with E-state index >= 15 is 0 Å². The quantitative estimate of drug-likeness (QED) is 0.674. The Kier molecular flexibility index (Phi) is 8.66. The standard InChI is InChI=1S/C22H34N2O2/c1-3-5-9-16-23-21(25)19-12-14-20(15-13-19)22(26)24(4-2)17-18-10-7-6-8-11-18/h6-8,10-11,19-20H,3-5,9,12-17H2,1-2H3,(H,23,25). The van der Waals surface area contributed by atoms with Gasteiger partial charge in [-0.15, -0.1) is 0 Å². The van der Waals surface area contributed by atoms with E-state index in [9.17, 15) is 9.59 Å². The van der Waals surface area contributed by atoms with Crippen molar-refractivity contribution in [3.63, 3.8) is 0 Å². The summed E-state index contributed by atoms with van der Waals surface area (Å²) in [6, 6.07) is 10.2. The van der Waals surface area contributed by atoms with Gasteiger partial charge < -0.3 is 10.2 Å². The maximum atomic E-state index is 12.9. The molecule has 0 saturated heterocycles. The van der Waals surface area contributed by atoms with Crippen LogP contribution in [0.5, 0.6) is 0 Å². The number of benzene rings is 1. The fraction of sp³-hybridized carbons (Fsp3) is 0.636. The Morgan fingerprint density at radius 3 is 2.27 bits per heavy atom. The van der Waals surface area contributed by atoms with Gasteiger partial charge in [-0.3, -0.25) is 9.59 Å². The number of unbranched alkanes of at least 4 members (excludes halogenated alkanes) is 2. The van der Waals surface area contributed by atoms with E-state index in [0.717, 1.165) is 51.6 Å². The molecule has 1 fully saturated rings. The molecule has 0 aliphatic heterocycles. The lowest BCUT2D eigenvalue weighted by molar-refractivity contribution is -0.138. The lowest BCUT2D eigenvalue weighted by Crippen LogP contribution is -2.39. The predicted octanol–water partition coefficient (Wildman–Crippen LogP) is 4.15. The summed E-state index contributed by atoms with van der Waals surface area (Å²) in [6.07, 6.45) is 6.71. The van der Waals surface area contributed by atoms with Crippen molar-refractivity contribution in [3.8, 4) is 0 Å². The first kappa shape index (κ1) is 20.5. The Balaban J connectivity index is 1.78. The van der Waals surface area contributed by atoms with Crippen LogP contribution in [-0.2, 0) is 16.1 Å². The normalized spacial score (nSPS) is 19.8. The molecule has 26 heavy (non-hydrogen) atoms. The number of amides is 2. The lowest BCUT2D eigenvalue weighted by atomic mass is 9.81. The summed E-state index contributed by atoms with van der Waals surface area (Å²) in [6.45, 7) is 6.39. The van der Waals surface area contributed by atoms with Gasteiger partial charge in [-0.2, -0.15) is 0 Å². The molecule has 0 bridgehead atoms. The summed E-state index contributed by atoms with van der Waals surface area (Å²) >= 11 is 0. The Labute approximate surface area is 158 Å². The van der Waals surface area contributed by atoms with Gasteiger partial charge in [-0.25, -0.2) is 0 Å². The van der Waals surface area contributed by atoms with Crippen molar-refractivity contribution in [2.24, 2.45) is 11.8 Å². The zero-order valence-corrected chi connectivity index (χ0v) is 16.4. The molecule has 1 aromatic carbocycles. The Morgan fingerprint density at radius 1 is 1.00 bits per heavy atom. The van der Waals surface area contributed by atoms with Crippen molar-refractivity contribution in [2.45, 2.75) is 65.3 Å². The molecule has 0 atom stereocenters. The molecule has 4 heteroatoms. The lowest BCUT2D eigenvalue weighted by Gasteiger charge is -2.31. The van der Waals surface area contributed by atoms with Crippen molar-refractivity contribution in [2.75, 3.05) is 13.1 Å². The van der Waals surface area contributed by atoms with Crippen LogP contribution in [0.2, 0.25) is 0 Å². The summed E-state index contributed by atoms with van der Waals surface area (Å²) in [5, 5.41) is 3.06. The first-order valence-electron chi connectivity index (χ1n) is 10.3. The Morgan fingerprint density at radius 2 is 1.65 bits per heavy atom. The van der Waals surface area contributed by atoms with E-state index in [1.807, 2.05) is 30.0 Å². The van der Waals surface area contributed by atoms with E-state index in [1.165, 1.54) is 12.0 Å². The van der Waals surface area contributed by atoms with Crippen LogP contribution in [0.25, 0.3) is 0 Å². The minimum absolute atomic E-state index is 0.0720. The first-order chi connectivity index (χ1) is 12.7. The molecule has 144 valence electrons. The molecule has 1 saturated carbocycles. The highest BCUT2D eigenvalue weighted by Crippen LogP contribution is 2.30. The second-order valence-corrected chi connectivity index (χ2v) is 7.38. The van der Waals surface area contributed by atoms with Gasteiger partial charge in [0.1, 0.15) is 0 Å². The summed E-state index contributed by atoms with van der Waals surface area (Å²) in [4.78, 5) is 27.1. The summed E-state index contributed by atoms with van der Waals surface area (Å²) < 4.78 is 0. The van der Waals surface area contributed by atoms with E-state index in [0.29, 0.717) is 6.54 Å². The van der Waals surface area contributed by atoms with E-state index in [2.05, 4.69) is 24.4 Å². The average Bonchev–Trinajstić information content (AvgIpc) is 2.69. The molecule has 0 aromatic heterocycles. The molecule has 0 unspecified atom stereocenters. The number of carbonyl (C=O) groups is 2. The van der Waals surface area contributed by atoms with E-state index in [4.69, 9.17) is 0 Å². The fourth-order valence-corrected chi connectivity index (χ4v) is 3.74. The Bertz CT molecular complexity index is 551. The second kappa shape index (κ2) is 11.0. The maximum Gasteiger partial charge on any atom is 0.225 e. The molecule has 2 amide bonds. The number of nitrogens with zero attached hydrogens (tertiary/aromatic N) is 1. The van der Waals surface area contributed by atoms with Crippen molar-refractivity contribution in [1.29, 1.82) is 0 Å². The van der Waals surface area contributed by atoms with Gasteiger partial charge in [0.15, 0.2) is 0 Å². The summed E-state index contributed by atoms with van der Waals surface area (Å²) in [7, 11) is 0. The topological polar surface area (TPSA) is 49.4 Å². The molecule has 0 radical (unpaired) electrons. The van der Waals surface area contributed by atoms with E-state index in [-0.39, 0.29) is 23.7 Å². The molecule has 1 N–H and O–H groups in total. The van der Waals surface area contributed by atoms with Crippen molar-refractivity contribution in [3.05, 3.63) is 35.9 Å². The van der Waals surface area contributed by atoms with Gasteiger partial charge in [-0.1, -0.05) is 50.1 Å². The number of hydrogen-bond donors (Lipinski definition) is 1. The van der Waals surface area contributed by atoms with Gasteiger partial charge in [0.05, 0.1) is 0 Å². The molecule has 1 aliphatic carbocycles. The minimum Gasteiger partial charge on any atom is -0.356 e. The number of hydrogen-bond acceptors (Lipinski definition) is 2. The van der Waals surface area contributed by atoms with Gasteiger partial charge >= 0.3 is 0 Å². The first-order valence-corrected chi connectivity index (χ1v) is 10.3. The van der Waals surface area contributed by atoms with Crippen LogP contribution in [0.1, 0.15) is 64.4 Å². The summed E-state index contributed by atoms with van der Waals surface area (Å²) in [5.41, 5.74) is 1.17. The highest BCUT2D eigenvalue weighted by atomic mass is 16.2. The second-order valence-electron chi connectivity index (χ2n) is 7.38. The molecule has 4 nitrogen and oxygen atoms in total. The molecule has 2 rings (SSSR count). The monoisotopic (exact) mass is 358 g/mol. The maximum absolute atomic E-state index is 12.9. The van der Waals surface area contributed by atoms with Crippen LogP contribution in [0.15, 0.2) is 30.3 Å². The van der Waals surface area contributed by atoms with Gasteiger partial charge in [0, 0.05) is 31.5 Å². The highest BCUT2D eigenvalue weighted by molar-refractivity contribution is 5.81. The molecular weight excluding hydrogens is 324 g/mol. The fourth-order valence-electron chi connectivity index (χ4n) is 3.74. The van der Waals surface area contributed by atoms with Crippen LogP contribution >= 0.6 is 0 Å². The summed E-state index contributed by atoms with van der Waals surface area (Å²) in [5.74, 6) is 0.592. The van der Waals surface area contributed by atoms with Crippen LogP contribution in [-0.4, -0.2) is 29.8 Å². The van der Waals surface area contributed by atoms with Crippen molar-refractivity contribution >= 4 is 11.8 Å². The number of nitrogens with one attached hydrogen (secondary N) is 1. The van der Waals surface area contributed by atoms with Crippen LogP contribution in [0, 0.1) is 11.8 Å². The highest BCUT2D eigenvalue weighted by Gasteiger charge is 2.31. The molecular formula is C22H34N2O2. The van der Waals surface area contributed by atoms with Gasteiger partial charge in [0.25, 0.3) is 0 Å². The predicted molar refractivity (Wildman–Crippen MR) is 106 cm³/mol. The van der Waals surface area contributed by atoms with Gasteiger partial charge in [-0.05, 0) is 44.6 Å². The third-order valence-electron chi connectivity index (χ3n) is 5.44. The molecule has 0 heterocycles. The molecule has 1 aromatic rings. The van der Waals surface area contributed by atoms with E-state index < -0.39 is 0 Å².